The van der Waals surface area contributed by atoms with Gasteiger partial charge in [0.25, 0.3) is 0 Å². The van der Waals surface area contributed by atoms with Crippen LogP contribution in [0.15, 0.2) is 18.2 Å². The van der Waals surface area contributed by atoms with Crippen LogP contribution < -0.4 is 15.1 Å². The van der Waals surface area contributed by atoms with Crippen LogP contribution in [0.3, 0.4) is 0 Å². The molecule has 5 rings (SSSR count). The second kappa shape index (κ2) is 7.39. The molecule has 30 heavy (non-hydrogen) atoms. The molecule has 2 atom stereocenters. The summed E-state index contributed by atoms with van der Waals surface area (Å²) in [5.74, 6) is 0.220. The van der Waals surface area contributed by atoms with Crippen molar-refractivity contribution >= 4 is 23.4 Å². The Hall–Kier alpha value is -2.39. The van der Waals surface area contributed by atoms with Crippen molar-refractivity contribution in [2.45, 2.75) is 37.8 Å². The summed E-state index contributed by atoms with van der Waals surface area (Å²) < 4.78 is 20.5. The number of nitrogens with one attached hydrogen (secondary N) is 1. The Morgan fingerprint density at radius 2 is 2.13 bits per heavy atom. The third-order valence-corrected chi connectivity index (χ3v) is 6.34. The molecule has 2 aliphatic heterocycles. The highest BCUT2D eigenvalue weighted by atomic mass is 19.1. The fourth-order valence-corrected chi connectivity index (χ4v) is 4.37. The largest absolute Gasteiger partial charge is 0.438 e. The van der Waals surface area contributed by atoms with Crippen LogP contribution in [0.25, 0.3) is 0 Å². The fourth-order valence-electron chi connectivity index (χ4n) is 4.37. The van der Waals surface area contributed by atoms with Crippen molar-refractivity contribution in [3.8, 4) is 0 Å². The van der Waals surface area contributed by atoms with Crippen LogP contribution in [-0.2, 0) is 14.4 Å². The predicted molar refractivity (Wildman–Crippen MR) is 108 cm³/mol. The van der Waals surface area contributed by atoms with Gasteiger partial charge in [0.1, 0.15) is 5.82 Å². The van der Waals surface area contributed by atoms with Gasteiger partial charge in [-0.3, -0.25) is 14.5 Å². The normalized spacial score (nSPS) is 29.1. The molecule has 1 spiro atoms. The number of nitrogens with zero attached hydrogens (tertiary/aromatic N) is 3. The molecule has 4 aliphatic rings. The standard InChI is InChI=1S/C21H27FN4O4/c1-14(27)23-19-11-21(19)13-26(20(28)30-21)16-4-5-18(17(22)10-16)24-6-7-25(29-9-8-24)12-15-2-3-15/h4-5,10,15,19H,2-3,6-9,11-13H2,1H3,(H,23,27). The molecule has 2 amide bonds. The van der Waals surface area contributed by atoms with Crippen LogP contribution in [0.1, 0.15) is 26.2 Å². The second-order valence-electron chi connectivity index (χ2n) is 8.76. The van der Waals surface area contributed by atoms with E-state index in [1.165, 1.54) is 30.7 Å². The zero-order valence-electron chi connectivity index (χ0n) is 17.1. The van der Waals surface area contributed by atoms with Gasteiger partial charge in [0, 0.05) is 39.5 Å². The van der Waals surface area contributed by atoms with Crippen molar-refractivity contribution < 1.29 is 23.6 Å². The van der Waals surface area contributed by atoms with Gasteiger partial charge in [0.05, 0.1) is 30.6 Å². The van der Waals surface area contributed by atoms with Gasteiger partial charge >= 0.3 is 6.09 Å². The first kappa shape index (κ1) is 19.6. The topological polar surface area (TPSA) is 74.4 Å². The van der Waals surface area contributed by atoms with E-state index in [1.54, 1.807) is 12.1 Å². The first-order valence-corrected chi connectivity index (χ1v) is 10.6. The van der Waals surface area contributed by atoms with E-state index < -0.39 is 11.7 Å². The molecule has 9 heteroatoms. The van der Waals surface area contributed by atoms with Crippen LogP contribution in [0.4, 0.5) is 20.6 Å². The lowest BCUT2D eigenvalue weighted by molar-refractivity contribution is -0.150. The molecule has 0 radical (unpaired) electrons. The molecule has 2 heterocycles. The number of benzene rings is 1. The third kappa shape index (κ3) is 3.83. The van der Waals surface area contributed by atoms with Gasteiger partial charge in [-0.05, 0) is 37.0 Å². The van der Waals surface area contributed by atoms with Gasteiger partial charge < -0.3 is 15.0 Å². The number of hydrogen-bond acceptors (Lipinski definition) is 6. The van der Waals surface area contributed by atoms with Gasteiger partial charge in [-0.25, -0.2) is 9.18 Å². The fraction of sp³-hybridized carbons (Fsp3) is 0.619. The van der Waals surface area contributed by atoms with E-state index in [2.05, 4.69) is 5.32 Å². The first-order valence-electron chi connectivity index (χ1n) is 10.6. The Morgan fingerprint density at radius 1 is 1.30 bits per heavy atom. The number of hydroxylamine groups is 2. The lowest BCUT2D eigenvalue weighted by Gasteiger charge is -2.24. The number of anilines is 2. The van der Waals surface area contributed by atoms with E-state index in [0.29, 0.717) is 44.0 Å². The zero-order chi connectivity index (χ0) is 20.9. The van der Waals surface area contributed by atoms with Crippen LogP contribution in [0.5, 0.6) is 0 Å². The van der Waals surface area contributed by atoms with Gasteiger partial charge in [-0.15, -0.1) is 0 Å². The summed E-state index contributed by atoms with van der Waals surface area (Å²) in [6.07, 6.45) is 2.62. The zero-order valence-corrected chi connectivity index (χ0v) is 17.1. The van der Waals surface area contributed by atoms with E-state index in [4.69, 9.17) is 9.57 Å². The number of hydrogen-bond donors (Lipinski definition) is 1. The van der Waals surface area contributed by atoms with E-state index in [0.717, 1.165) is 19.0 Å². The third-order valence-electron chi connectivity index (χ3n) is 6.34. The molecule has 2 saturated carbocycles. The van der Waals surface area contributed by atoms with Crippen molar-refractivity contribution in [1.29, 1.82) is 0 Å². The second-order valence-corrected chi connectivity index (χ2v) is 8.76. The van der Waals surface area contributed by atoms with Crippen LogP contribution in [0, 0.1) is 11.7 Å². The van der Waals surface area contributed by atoms with Gasteiger partial charge in [-0.1, -0.05) is 0 Å². The molecule has 1 N–H and O–H groups in total. The summed E-state index contributed by atoms with van der Waals surface area (Å²) in [5.41, 5.74) is 0.291. The van der Waals surface area contributed by atoms with Crippen LogP contribution in [-0.4, -0.2) is 68.0 Å². The molecule has 1 aromatic rings. The Kier molecular flexibility index (Phi) is 4.82. The molecule has 4 fully saturated rings. The maximum Gasteiger partial charge on any atom is 0.415 e. The van der Waals surface area contributed by atoms with Gasteiger partial charge in [-0.2, -0.15) is 5.06 Å². The van der Waals surface area contributed by atoms with E-state index in [9.17, 15) is 14.0 Å². The smallest absolute Gasteiger partial charge is 0.415 e. The monoisotopic (exact) mass is 418 g/mol. The Bertz CT molecular complexity index is 863. The summed E-state index contributed by atoms with van der Waals surface area (Å²) >= 11 is 0. The first-order chi connectivity index (χ1) is 14.4. The molecular formula is C21H27FN4O4. The predicted octanol–water partition coefficient (Wildman–Crippen LogP) is 1.89. The molecule has 162 valence electrons. The number of rotatable bonds is 5. The SMILES string of the molecule is CC(=O)NC1CC12CN(c1ccc(N3CCON(CC4CC4)CC3)c(F)c1)C(=O)O2. The van der Waals surface area contributed by atoms with E-state index in [1.807, 2.05) is 9.96 Å². The van der Waals surface area contributed by atoms with Gasteiger partial charge in [0.2, 0.25) is 5.91 Å². The summed E-state index contributed by atoms with van der Waals surface area (Å²) in [5, 5.41) is 4.80. The number of carbonyl (C=O) groups excluding carboxylic acids is 2. The van der Waals surface area contributed by atoms with Crippen molar-refractivity contribution in [3.05, 3.63) is 24.0 Å². The maximum absolute atomic E-state index is 15.0. The highest BCUT2D eigenvalue weighted by Crippen LogP contribution is 2.46. The summed E-state index contributed by atoms with van der Waals surface area (Å²) in [6, 6.07) is 4.68. The summed E-state index contributed by atoms with van der Waals surface area (Å²) in [7, 11) is 0. The molecule has 2 unspecified atom stereocenters. The van der Waals surface area contributed by atoms with Gasteiger partial charge in [0.15, 0.2) is 5.60 Å². The van der Waals surface area contributed by atoms with E-state index in [-0.39, 0.29) is 17.8 Å². The minimum Gasteiger partial charge on any atom is -0.438 e. The molecule has 0 aromatic heterocycles. The Labute approximate surface area is 174 Å². The Morgan fingerprint density at radius 3 is 2.87 bits per heavy atom. The van der Waals surface area contributed by atoms with Crippen molar-refractivity contribution in [2.75, 3.05) is 49.1 Å². The molecule has 2 saturated heterocycles. The molecule has 0 bridgehead atoms. The quantitative estimate of drug-likeness (QED) is 0.787. The van der Waals surface area contributed by atoms with Crippen molar-refractivity contribution in [2.24, 2.45) is 5.92 Å². The average molecular weight is 418 g/mol. The Balaban J connectivity index is 1.25. The summed E-state index contributed by atoms with van der Waals surface area (Å²) in [6.45, 7) is 5.27. The number of amides is 2. The highest BCUT2D eigenvalue weighted by Gasteiger charge is 2.64. The van der Waals surface area contributed by atoms with Crippen molar-refractivity contribution in [3.63, 3.8) is 0 Å². The molecular weight excluding hydrogens is 391 g/mol. The lowest BCUT2D eigenvalue weighted by atomic mass is 10.2. The van der Waals surface area contributed by atoms with Crippen LogP contribution in [0.2, 0.25) is 0 Å². The molecule has 1 aromatic carbocycles. The lowest BCUT2D eigenvalue weighted by Crippen LogP contribution is -2.33. The van der Waals surface area contributed by atoms with Crippen molar-refractivity contribution in [1.82, 2.24) is 10.4 Å². The number of ether oxygens (including phenoxy) is 1. The molecule has 2 aliphatic carbocycles. The number of carbonyl (C=O) groups is 2. The van der Waals surface area contributed by atoms with E-state index >= 15 is 0 Å². The number of halogens is 1. The minimum atomic E-state index is -0.689. The average Bonchev–Trinajstić information content (AvgIpc) is 3.59. The maximum atomic E-state index is 15.0. The molecule has 8 nitrogen and oxygen atoms in total. The summed E-state index contributed by atoms with van der Waals surface area (Å²) in [4.78, 5) is 32.9. The highest BCUT2D eigenvalue weighted by molar-refractivity contribution is 5.91. The van der Waals surface area contributed by atoms with Crippen LogP contribution >= 0.6 is 0 Å². The minimum absolute atomic E-state index is 0.154.